The van der Waals surface area contributed by atoms with Gasteiger partial charge in [-0.3, -0.25) is 33.6 Å². The van der Waals surface area contributed by atoms with E-state index in [1.165, 1.54) is 18.7 Å². The first-order valence-electron chi connectivity index (χ1n) is 12.4. The number of carbonyl (C=O) groups excluding carboxylic acids is 7. The van der Waals surface area contributed by atoms with Crippen molar-refractivity contribution in [2.24, 2.45) is 29.0 Å². The highest BCUT2D eigenvalue weighted by Crippen LogP contribution is 2.07. The van der Waals surface area contributed by atoms with E-state index in [2.05, 4.69) is 26.6 Å². The van der Waals surface area contributed by atoms with Crippen molar-refractivity contribution in [2.75, 3.05) is 18.2 Å². The number of nitrogens with two attached hydrogens (primary N) is 3. The van der Waals surface area contributed by atoms with E-state index in [0.717, 1.165) is 0 Å². The predicted octanol–water partition coefficient (Wildman–Crippen LogP) is -3.23. The monoisotopic (exact) mass is 574 g/mol. The summed E-state index contributed by atoms with van der Waals surface area (Å²) < 4.78 is 0. The SMILES string of the molecule is CC(=O)NCSC[C@H](NC(=O)[C@@H](NC(=O)CNC(=O)[C@H](CC(C)C)NC(=O)[C@@H](N)CC(N)=O)C(C)C)C(N)=O. The summed E-state index contributed by atoms with van der Waals surface area (Å²) in [7, 11) is 0. The summed E-state index contributed by atoms with van der Waals surface area (Å²) >= 11 is 1.18. The fourth-order valence-electron chi connectivity index (χ4n) is 3.13. The third-order valence-electron chi connectivity index (χ3n) is 5.15. The molecule has 0 heterocycles. The smallest absolute Gasteiger partial charge is 0.243 e. The zero-order valence-corrected chi connectivity index (χ0v) is 23.8. The van der Waals surface area contributed by atoms with Crippen LogP contribution in [0.3, 0.4) is 0 Å². The Bertz CT molecular complexity index is 900. The minimum absolute atomic E-state index is 0.00846. The Morgan fingerprint density at radius 3 is 1.87 bits per heavy atom. The maximum absolute atomic E-state index is 12.8. The van der Waals surface area contributed by atoms with E-state index in [4.69, 9.17) is 17.2 Å². The fourth-order valence-corrected chi connectivity index (χ4v) is 4.03. The molecule has 0 aromatic rings. The summed E-state index contributed by atoms with van der Waals surface area (Å²) in [5.74, 6) is -4.62. The normalized spacial score (nSPS) is 13.9. The van der Waals surface area contributed by atoms with E-state index >= 15 is 0 Å². The molecule has 0 aliphatic rings. The minimum atomic E-state index is -1.23. The van der Waals surface area contributed by atoms with Gasteiger partial charge in [0.2, 0.25) is 41.4 Å². The summed E-state index contributed by atoms with van der Waals surface area (Å²) in [5.41, 5.74) is 16.1. The van der Waals surface area contributed by atoms with Gasteiger partial charge in [0.15, 0.2) is 0 Å². The first-order valence-corrected chi connectivity index (χ1v) is 13.5. The summed E-state index contributed by atoms with van der Waals surface area (Å²) in [4.78, 5) is 84.1. The molecule has 7 amide bonds. The van der Waals surface area contributed by atoms with Crippen molar-refractivity contribution in [1.29, 1.82) is 0 Å². The molecule has 0 aromatic heterocycles. The molecule has 39 heavy (non-hydrogen) atoms. The topological polar surface area (TPSA) is 258 Å². The quantitative estimate of drug-likeness (QED) is 0.0604. The third kappa shape index (κ3) is 15.6. The van der Waals surface area contributed by atoms with Gasteiger partial charge in [-0.1, -0.05) is 27.7 Å². The minimum Gasteiger partial charge on any atom is -0.370 e. The van der Waals surface area contributed by atoms with Crippen LogP contribution >= 0.6 is 11.8 Å². The summed E-state index contributed by atoms with van der Waals surface area (Å²) in [6, 6.07) is -4.35. The number of nitrogens with one attached hydrogen (secondary N) is 5. The van der Waals surface area contributed by atoms with Crippen LogP contribution in [-0.2, 0) is 33.6 Å². The molecular weight excluding hydrogens is 532 g/mol. The second kappa shape index (κ2) is 18.0. The van der Waals surface area contributed by atoms with Gasteiger partial charge in [0.25, 0.3) is 0 Å². The average Bonchev–Trinajstić information content (AvgIpc) is 2.80. The van der Waals surface area contributed by atoms with Gasteiger partial charge in [-0.2, -0.15) is 0 Å². The Balaban J connectivity index is 5.11. The largest absolute Gasteiger partial charge is 0.370 e. The van der Waals surface area contributed by atoms with Gasteiger partial charge < -0.3 is 43.8 Å². The van der Waals surface area contributed by atoms with Gasteiger partial charge in [-0.05, 0) is 18.3 Å². The van der Waals surface area contributed by atoms with Crippen molar-refractivity contribution in [3.8, 4) is 0 Å². The molecule has 0 spiro atoms. The summed E-state index contributed by atoms with van der Waals surface area (Å²) in [6.07, 6.45) is -0.165. The Labute approximate surface area is 232 Å². The zero-order chi connectivity index (χ0) is 30.3. The lowest BCUT2D eigenvalue weighted by Crippen LogP contribution is -2.57. The van der Waals surface area contributed by atoms with Gasteiger partial charge >= 0.3 is 0 Å². The third-order valence-corrected chi connectivity index (χ3v) is 6.07. The van der Waals surface area contributed by atoms with Gasteiger partial charge in [-0.15, -0.1) is 11.8 Å². The van der Waals surface area contributed by atoms with Gasteiger partial charge in [0, 0.05) is 12.7 Å². The number of amides is 7. The van der Waals surface area contributed by atoms with Crippen LogP contribution in [0.2, 0.25) is 0 Å². The van der Waals surface area contributed by atoms with Crippen molar-refractivity contribution in [3.05, 3.63) is 0 Å². The van der Waals surface area contributed by atoms with E-state index in [9.17, 15) is 33.6 Å². The molecule has 0 bridgehead atoms. The molecular formula is C23H42N8O7S. The van der Waals surface area contributed by atoms with Crippen molar-refractivity contribution < 1.29 is 33.6 Å². The van der Waals surface area contributed by atoms with E-state index in [1.54, 1.807) is 13.8 Å². The van der Waals surface area contributed by atoms with E-state index in [0.29, 0.717) is 0 Å². The number of hydrogen-bond acceptors (Lipinski definition) is 9. The summed E-state index contributed by atoms with van der Waals surface area (Å²) in [5, 5.41) is 12.4. The Hall–Kier alpha value is -3.40. The predicted molar refractivity (Wildman–Crippen MR) is 145 cm³/mol. The van der Waals surface area contributed by atoms with Gasteiger partial charge in [0.1, 0.15) is 18.1 Å². The molecule has 0 saturated carbocycles. The lowest BCUT2D eigenvalue weighted by Gasteiger charge is -2.25. The molecule has 222 valence electrons. The fraction of sp³-hybridized carbons (Fsp3) is 0.696. The van der Waals surface area contributed by atoms with E-state index < -0.39 is 72.6 Å². The Kier molecular flexibility index (Phi) is 16.4. The number of rotatable bonds is 18. The van der Waals surface area contributed by atoms with Crippen LogP contribution in [0.1, 0.15) is 47.5 Å². The molecule has 4 atom stereocenters. The lowest BCUT2D eigenvalue weighted by atomic mass is 10.0. The maximum atomic E-state index is 12.8. The Morgan fingerprint density at radius 1 is 0.795 bits per heavy atom. The van der Waals surface area contributed by atoms with Crippen LogP contribution in [0.4, 0.5) is 0 Å². The van der Waals surface area contributed by atoms with E-state index in [-0.39, 0.29) is 35.8 Å². The van der Waals surface area contributed by atoms with Crippen molar-refractivity contribution in [1.82, 2.24) is 26.6 Å². The standard InChI is InChI=1S/C23H42N8O7S/c1-11(2)6-15(29-21(36)14(24)7-17(25)33)22(37)27-8-18(34)31-19(12(3)4)23(38)30-16(20(26)35)9-39-10-28-13(5)32/h11-12,14-16,19H,6-10,24H2,1-5H3,(H2,25,33)(H2,26,35)(H,27,37)(H,28,32)(H,29,36)(H,30,38)(H,31,34)/t14-,15-,16-,19-/m0/s1. The molecule has 0 saturated heterocycles. The van der Waals surface area contributed by atoms with Crippen LogP contribution in [0, 0.1) is 11.8 Å². The van der Waals surface area contributed by atoms with Gasteiger partial charge in [0.05, 0.1) is 24.9 Å². The second-order valence-electron chi connectivity index (χ2n) is 9.69. The highest BCUT2D eigenvalue weighted by Gasteiger charge is 2.29. The molecule has 0 radical (unpaired) electrons. The molecule has 11 N–H and O–H groups in total. The number of primary amides is 2. The molecule has 0 fully saturated rings. The van der Waals surface area contributed by atoms with Crippen molar-refractivity contribution in [2.45, 2.75) is 71.6 Å². The van der Waals surface area contributed by atoms with Crippen LogP contribution in [-0.4, -0.2) is 83.7 Å². The Morgan fingerprint density at radius 2 is 1.38 bits per heavy atom. The first kappa shape index (κ1) is 35.6. The number of thioether (sulfide) groups is 1. The summed E-state index contributed by atoms with van der Waals surface area (Å²) in [6.45, 7) is 7.85. The van der Waals surface area contributed by atoms with Crippen LogP contribution in [0.15, 0.2) is 0 Å². The van der Waals surface area contributed by atoms with Crippen LogP contribution < -0.4 is 43.8 Å². The molecule has 0 aliphatic heterocycles. The van der Waals surface area contributed by atoms with Crippen LogP contribution in [0.5, 0.6) is 0 Å². The molecule has 0 unspecified atom stereocenters. The molecule has 15 nitrogen and oxygen atoms in total. The second-order valence-corrected chi connectivity index (χ2v) is 10.7. The van der Waals surface area contributed by atoms with Gasteiger partial charge in [-0.25, -0.2) is 0 Å². The number of carbonyl (C=O) groups is 7. The molecule has 0 aliphatic carbocycles. The maximum Gasteiger partial charge on any atom is 0.243 e. The lowest BCUT2D eigenvalue weighted by molar-refractivity contribution is -0.133. The average molecular weight is 575 g/mol. The highest BCUT2D eigenvalue weighted by atomic mass is 32.2. The number of hydrogen-bond donors (Lipinski definition) is 8. The zero-order valence-electron chi connectivity index (χ0n) is 23.0. The van der Waals surface area contributed by atoms with Crippen molar-refractivity contribution in [3.63, 3.8) is 0 Å². The highest BCUT2D eigenvalue weighted by molar-refractivity contribution is 7.99. The first-order chi connectivity index (χ1) is 18.0. The molecule has 16 heteroatoms. The molecule has 0 aromatic carbocycles. The molecule has 0 rings (SSSR count). The van der Waals surface area contributed by atoms with Crippen LogP contribution in [0.25, 0.3) is 0 Å². The van der Waals surface area contributed by atoms with Crippen molar-refractivity contribution >= 4 is 53.1 Å². The van der Waals surface area contributed by atoms with E-state index in [1.807, 2.05) is 13.8 Å².